The van der Waals surface area contributed by atoms with Crippen LogP contribution in [0.15, 0.2) is 59.2 Å². The van der Waals surface area contributed by atoms with E-state index in [9.17, 15) is 20.2 Å². The number of nitro benzene ring substituents is 2. The van der Waals surface area contributed by atoms with Gasteiger partial charge in [0.25, 0.3) is 11.4 Å². The Bertz CT molecular complexity index is 1090. The second-order valence-corrected chi connectivity index (χ2v) is 8.95. The van der Waals surface area contributed by atoms with Crippen LogP contribution in [0.4, 0.5) is 11.4 Å². The normalized spacial score (nSPS) is 25.5. The van der Waals surface area contributed by atoms with Gasteiger partial charge in [-0.1, -0.05) is 32.9 Å². The first-order valence-corrected chi connectivity index (χ1v) is 10.2. The monoisotopic (exact) mass is 420 g/mol. The van der Waals surface area contributed by atoms with Crippen molar-refractivity contribution >= 4 is 23.2 Å². The van der Waals surface area contributed by atoms with Crippen molar-refractivity contribution in [3.05, 3.63) is 85.5 Å². The summed E-state index contributed by atoms with van der Waals surface area (Å²) in [6.07, 6.45) is 3.03. The number of rotatable bonds is 4. The molecule has 31 heavy (non-hydrogen) atoms. The molecule has 1 aliphatic carbocycles. The van der Waals surface area contributed by atoms with Crippen molar-refractivity contribution in [3.63, 3.8) is 0 Å². The molecule has 2 aromatic carbocycles. The Labute approximate surface area is 180 Å². The minimum absolute atomic E-state index is 0.0536. The highest BCUT2D eigenvalue weighted by molar-refractivity contribution is 6.08. The van der Waals surface area contributed by atoms with Gasteiger partial charge in [0.1, 0.15) is 0 Å². The van der Waals surface area contributed by atoms with Gasteiger partial charge in [-0.05, 0) is 52.7 Å². The van der Waals surface area contributed by atoms with Crippen LogP contribution in [0.5, 0.6) is 0 Å². The summed E-state index contributed by atoms with van der Waals surface area (Å²) in [6.45, 7) is 6.60. The molecule has 2 aromatic rings. The predicted molar refractivity (Wildman–Crippen MR) is 119 cm³/mol. The van der Waals surface area contributed by atoms with Gasteiger partial charge in [0.05, 0.1) is 21.6 Å². The topological polar surface area (TPSA) is 111 Å². The summed E-state index contributed by atoms with van der Waals surface area (Å²) in [7, 11) is 0. The molecular weight excluding hydrogens is 396 g/mol. The fourth-order valence-corrected chi connectivity index (χ4v) is 4.89. The Hall–Kier alpha value is -3.55. The molecule has 0 spiro atoms. The van der Waals surface area contributed by atoms with E-state index in [0.717, 1.165) is 28.8 Å². The molecule has 8 nitrogen and oxygen atoms in total. The van der Waals surface area contributed by atoms with E-state index < -0.39 is 9.85 Å². The molecule has 160 valence electrons. The van der Waals surface area contributed by atoms with Crippen molar-refractivity contribution in [1.82, 2.24) is 5.43 Å². The molecule has 2 aliphatic rings. The molecule has 1 aliphatic heterocycles. The van der Waals surface area contributed by atoms with Crippen molar-refractivity contribution in [3.8, 4) is 0 Å². The van der Waals surface area contributed by atoms with Crippen LogP contribution in [-0.2, 0) is 0 Å². The molecule has 1 fully saturated rings. The van der Waals surface area contributed by atoms with Crippen molar-refractivity contribution in [2.24, 2.45) is 22.4 Å². The average molecular weight is 420 g/mol. The number of hydrogen-bond donors (Lipinski definition) is 1. The smallest absolute Gasteiger partial charge is 0.269 e. The third-order valence-corrected chi connectivity index (χ3v) is 6.33. The highest BCUT2D eigenvalue weighted by Gasteiger charge is 2.47. The van der Waals surface area contributed by atoms with Gasteiger partial charge in [-0.15, -0.1) is 0 Å². The molecule has 1 N–H and O–H groups in total. The van der Waals surface area contributed by atoms with E-state index in [-0.39, 0.29) is 28.7 Å². The van der Waals surface area contributed by atoms with Gasteiger partial charge in [-0.25, -0.2) is 0 Å². The van der Waals surface area contributed by atoms with Gasteiger partial charge in [0, 0.05) is 30.2 Å². The first-order valence-electron chi connectivity index (χ1n) is 10.2. The number of nitrogens with zero attached hydrogens (tertiary/aromatic N) is 3. The highest BCUT2D eigenvalue weighted by Crippen LogP contribution is 2.50. The van der Waals surface area contributed by atoms with E-state index in [1.807, 2.05) is 0 Å². The van der Waals surface area contributed by atoms with Gasteiger partial charge in [-0.2, -0.15) is 5.10 Å². The molecule has 0 bridgehead atoms. The fraction of sp³-hybridized carbons (Fsp3) is 0.348. The van der Waals surface area contributed by atoms with Crippen LogP contribution in [0.25, 0.3) is 6.08 Å². The van der Waals surface area contributed by atoms with Crippen LogP contribution in [0, 0.1) is 37.5 Å². The second-order valence-electron chi connectivity index (χ2n) is 8.95. The first-order chi connectivity index (χ1) is 14.7. The molecule has 0 aromatic heterocycles. The summed E-state index contributed by atoms with van der Waals surface area (Å²) >= 11 is 0. The summed E-state index contributed by atoms with van der Waals surface area (Å²) in [5.41, 5.74) is 7.25. The van der Waals surface area contributed by atoms with E-state index in [1.165, 1.54) is 24.3 Å². The summed E-state index contributed by atoms with van der Waals surface area (Å²) in [6, 6.07) is 13.1. The van der Waals surface area contributed by atoms with Crippen LogP contribution in [0.2, 0.25) is 0 Å². The van der Waals surface area contributed by atoms with Crippen LogP contribution >= 0.6 is 0 Å². The highest BCUT2D eigenvalue weighted by atomic mass is 16.6. The number of nitro groups is 2. The molecule has 0 saturated heterocycles. The van der Waals surface area contributed by atoms with E-state index in [2.05, 4.69) is 32.3 Å². The standard InChI is InChI=1S/C23H24N4O4/c1-14-13-23(2,3)19(12-15-4-8-17(9-5-15)26(28)29)22-20(14)21(24-25-22)16-6-10-18(11-7-16)27(30)31/h4-12,14,20-21,24H,13H2,1-3H3/b19-12-. The van der Waals surface area contributed by atoms with Crippen molar-refractivity contribution < 1.29 is 9.85 Å². The van der Waals surface area contributed by atoms with Gasteiger partial charge >= 0.3 is 0 Å². The van der Waals surface area contributed by atoms with Crippen LogP contribution < -0.4 is 5.43 Å². The third-order valence-electron chi connectivity index (χ3n) is 6.33. The summed E-state index contributed by atoms with van der Waals surface area (Å²) in [5.74, 6) is 0.497. The Morgan fingerprint density at radius 1 is 1.00 bits per heavy atom. The molecule has 0 amide bonds. The van der Waals surface area contributed by atoms with Crippen LogP contribution in [-0.4, -0.2) is 15.6 Å². The summed E-state index contributed by atoms with van der Waals surface area (Å²) in [5, 5.41) is 26.6. The number of allylic oxidation sites excluding steroid dienone is 1. The predicted octanol–water partition coefficient (Wildman–Crippen LogP) is 5.27. The SMILES string of the molecule is CC1CC(C)(C)/C(=C\c2ccc([N+](=O)[O-])cc2)C2=NNC(c3ccc([N+](=O)[O-])cc3)C21. The van der Waals surface area contributed by atoms with E-state index >= 15 is 0 Å². The van der Waals surface area contributed by atoms with Crippen LogP contribution in [0.3, 0.4) is 0 Å². The zero-order valence-corrected chi connectivity index (χ0v) is 17.6. The summed E-state index contributed by atoms with van der Waals surface area (Å²) < 4.78 is 0. The van der Waals surface area contributed by atoms with Gasteiger partial charge in [0.15, 0.2) is 0 Å². The van der Waals surface area contributed by atoms with Gasteiger partial charge in [0.2, 0.25) is 0 Å². The van der Waals surface area contributed by atoms with E-state index in [1.54, 1.807) is 24.3 Å². The maximum absolute atomic E-state index is 11.0. The minimum Gasteiger partial charge on any atom is -0.302 e. The maximum atomic E-state index is 11.0. The lowest BCUT2D eigenvalue weighted by molar-refractivity contribution is -0.385. The Morgan fingerprint density at radius 3 is 2.10 bits per heavy atom. The lowest BCUT2D eigenvalue weighted by Gasteiger charge is -2.42. The Kier molecular flexibility index (Phi) is 5.08. The number of benzene rings is 2. The lowest BCUT2D eigenvalue weighted by atomic mass is 9.61. The molecular formula is C23H24N4O4. The molecule has 8 heteroatoms. The first kappa shape index (κ1) is 20.7. The van der Waals surface area contributed by atoms with Gasteiger partial charge in [-0.3, -0.25) is 20.2 Å². The number of nitrogens with one attached hydrogen (secondary N) is 1. The Balaban J connectivity index is 1.68. The molecule has 3 atom stereocenters. The number of hydrogen-bond acceptors (Lipinski definition) is 6. The third kappa shape index (κ3) is 3.81. The molecule has 4 rings (SSSR count). The Morgan fingerprint density at radius 2 is 1.55 bits per heavy atom. The minimum atomic E-state index is -0.404. The maximum Gasteiger partial charge on any atom is 0.269 e. The van der Waals surface area contributed by atoms with Crippen molar-refractivity contribution in [1.29, 1.82) is 0 Å². The van der Waals surface area contributed by atoms with E-state index in [0.29, 0.717) is 5.92 Å². The fourth-order valence-electron chi connectivity index (χ4n) is 4.89. The van der Waals surface area contributed by atoms with Crippen LogP contribution in [0.1, 0.15) is 44.4 Å². The second kappa shape index (κ2) is 7.61. The zero-order valence-electron chi connectivity index (χ0n) is 17.6. The largest absolute Gasteiger partial charge is 0.302 e. The number of hydrazone groups is 1. The van der Waals surface area contributed by atoms with Gasteiger partial charge < -0.3 is 5.43 Å². The quantitative estimate of drug-likeness (QED) is 0.535. The summed E-state index contributed by atoms with van der Waals surface area (Å²) in [4.78, 5) is 21.1. The molecule has 0 radical (unpaired) electrons. The molecule has 3 unspecified atom stereocenters. The number of non-ortho nitro benzene ring substituents is 2. The molecule has 1 heterocycles. The zero-order chi connectivity index (χ0) is 22.3. The van der Waals surface area contributed by atoms with Crippen molar-refractivity contribution in [2.45, 2.75) is 33.2 Å². The van der Waals surface area contributed by atoms with E-state index in [4.69, 9.17) is 5.10 Å². The molecule has 1 saturated carbocycles. The van der Waals surface area contributed by atoms with Crippen molar-refractivity contribution in [2.75, 3.05) is 0 Å². The number of fused-ring (bicyclic) bond motifs is 1. The average Bonchev–Trinajstić information content (AvgIpc) is 3.16. The lowest BCUT2D eigenvalue weighted by Crippen LogP contribution is -2.39.